The van der Waals surface area contributed by atoms with Crippen LogP contribution in [-0.2, 0) is 14.8 Å². The van der Waals surface area contributed by atoms with Crippen molar-refractivity contribution < 1.29 is 13.2 Å². The van der Waals surface area contributed by atoms with Crippen molar-refractivity contribution in [3.05, 3.63) is 24.3 Å². The summed E-state index contributed by atoms with van der Waals surface area (Å²) in [5, 5.41) is 0. The molecule has 0 bridgehead atoms. The molecule has 0 aliphatic heterocycles. The zero-order valence-electron chi connectivity index (χ0n) is 10.1. The molecule has 1 aliphatic rings. The SMILES string of the molecule is COC1CC(NS(=O)(=O)c2ccccc2NN)C1. The first kappa shape index (κ1) is 13.3. The molecule has 4 N–H and O–H groups in total. The molecule has 1 aromatic rings. The second-order valence-corrected chi connectivity index (χ2v) is 5.97. The van der Waals surface area contributed by atoms with Crippen LogP contribution >= 0.6 is 0 Å². The van der Waals surface area contributed by atoms with Crippen molar-refractivity contribution >= 4 is 15.7 Å². The third kappa shape index (κ3) is 2.64. The average molecular weight is 271 g/mol. The molecule has 0 atom stereocenters. The van der Waals surface area contributed by atoms with Gasteiger partial charge in [-0.05, 0) is 25.0 Å². The molecule has 2 rings (SSSR count). The molecule has 1 saturated carbocycles. The Morgan fingerprint density at radius 3 is 2.61 bits per heavy atom. The van der Waals surface area contributed by atoms with Gasteiger partial charge in [0, 0.05) is 13.2 Å². The Bertz CT molecular complexity index is 512. The predicted octanol–water partition coefficient (Wildman–Crippen LogP) is 0.428. The molecule has 6 nitrogen and oxygen atoms in total. The van der Waals surface area contributed by atoms with Gasteiger partial charge in [0.25, 0.3) is 0 Å². The summed E-state index contributed by atoms with van der Waals surface area (Å²) >= 11 is 0. The Labute approximate surface area is 107 Å². The normalized spacial score (nSPS) is 23.4. The summed E-state index contributed by atoms with van der Waals surface area (Å²) in [6, 6.07) is 6.45. The topological polar surface area (TPSA) is 93.4 Å². The molecule has 1 fully saturated rings. The van der Waals surface area contributed by atoms with Gasteiger partial charge in [0.05, 0.1) is 11.8 Å². The number of nitrogens with two attached hydrogens (primary N) is 1. The van der Waals surface area contributed by atoms with E-state index in [0.29, 0.717) is 18.5 Å². The molecule has 0 aromatic heterocycles. The molecule has 0 heterocycles. The lowest BCUT2D eigenvalue weighted by Crippen LogP contribution is -2.47. The van der Waals surface area contributed by atoms with E-state index >= 15 is 0 Å². The first-order chi connectivity index (χ1) is 8.56. The number of nitrogen functional groups attached to an aromatic ring is 1. The Morgan fingerprint density at radius 2 is 2.00 bits per heavy atom. The first-order valence-corrected chi connectivity index (χ1v) is 7.16. The van der Waals surface area contributed by atoms with E-state index in [1.807, 2.05) is 0 Å². The molecule has 0 radical (unpaired) electrons. The Kier molecular flexibility index (Phi) is 3.86. The molecule has 0 saturated heterocycles. The largest absolute Gasteiger partial charge is 0.381 e. The van der Waals surface area contributed by atoms with Crippen molar-refractivity contribution in [1.29, 1.82) is 0 Å². The summed E-state index contributed by atoms with van der Waals surface area (Å²) in [6.45, 7) is 0. The third-order valence-corrected chi connectivity index (χ3v) is 4.66. The van der Waals surface area contributed by atoms with Gasteiger partial charge >= 0.3 is 0 Å². The van der Waals surface area contributed by atoms with Gasteiger partial charge in [0.15, 0.2) is 0 Å². The van der Waals surface area contributed by atoms with E-state index in [1.54, 1.807) is 25.3 Å². The lowest BCUT2D eigenvalue weighted by Gasteiger charge is -2.34. The van der Waals surface area contributed by atoms with E-state index in [0.717, 1.165) is 0 Å². The number of hydrazine groups is 1. The van der Waals surface area contributed by atoms with Crippen molar-refractivity contribution in [3.63, 3.8) is 0 Å². The summed E-state index contributed by atoms with van der Waals surface area (Å²) in [4.78, 5) is 0.161. The molecule has 7 heteroatoms. The molecular weight excluding hydrogens is 254 g/mol. The first-order valence-electron chi connectivity index (χ1n) is 5.67. The zero-order chi connectivity index (χ0) is 13.2. The summed E-state index contributed by atoms with van der Waals surface area (Å²) in [5.41, 5.74) is 2.77. The van der Waals surface area contributed by atoms with Gasteiger partial charge in [-0.1, -0.05) is 12.1 Å². The van der Waals surface area contributed by atoms with Crippen LogP contribution in [0.1, 0.15) is 12.8 Å². The molecule has 0 unspecified atom stereocenters. The third-order valence-electron chi connectivity index (χ3n) is 3.08. The highest BCUT2D eigenvalue weighted by molar-refractivity contribution is 7.89. The van der Waals surface area contributed by atoms with Crippen LogP contribution in [-0.4, -0.2) is 27.7 Å². The monoisotopic (exact) mass is 271 g/mol. The van der Waals surface area contributed by atoms with Crippen LogP contribution < -0.4 is 16.0 Å². The minimum Gasteiger partial charge on any atom is -0.381 e. The van der Waals surface area contributed by atoms with Gasteiger partial charge in [0.2, 0.25) is 10.0 Å². The summed E-state index contributed by atoms with van der Waals surface area (Å²) in [6.07, 6.45) is 1.56. The second kappa shape index (κ2) is 5.23. The van der Waals surface area contributed by atoms with Crippen LogP contribution in [0, 0.1) is 0 Å². The van der Waals surface area contributed by atoms with Gasteiger partial charge in [-0.15, -0.1) is 0 Å². The van der Waals surface area contributed by atoms with Gasteiger partial charge in [-0.2, -0.15) is 0 Å². The number of rotatable bonds is 5. The standard InChI is InChI=1S/C11H17N3O3S/c1-17-9-6-8(7-9)14-18(15,16)11-5-3-2-4-10(11)13-12/h2-5,8-9,13-14H,6-7,12H2,1H3. The van der Waals surface area contributed by atoms with Crippen LogP contribution in [0.4, 0.5) is 5.69 Å². The molecule has 1 aliphatic carbocycles. The van der Waals surface area contributed by atoms with E-state index < -0.39 is 10.0 Å². The van der Waals surface area contributed by atoms with Gasteiger partial charge in [-0.3, -0.25) is 5.84 Å². The predicted molar refractivity (Wildman–Crippen MR) is 68.4 cm³/mol. The smallest absolute Gasteiger partial charge is 0.242 e. The number of sulfonamides is 1. The fourth-order valence-corrected chi connectivity index (χ4v) is 3.39. The molecule has 0 amide bonds. The second-order valence-electron chi connectivity index (χ2n) is 4.29. The highest BCUT2D eigenvalue weighted by atomic mass is 32.2. The average Bonchev–Trinajstić information content (AvgIpc) is 2.33. The summed E-state index contributed by atoms with van der Waals surface area (Å²) in [7, 11) is -1.91. The number of anilines is 1. The quantitative estimate of drug-likeness (QED) is 0.533. The minimum absolute atomic E-state index is 0.0641. The van der Waals surface area contributed by atoms with Crippen LogP contribution in [0.15, 0.2) is 29.2 Å². The number of methoxy groups -OCH3 is 1. The van der Waals surface area contributed by atoms with Crippen LogP contribution in [0.25, 0.3) is 0 Å². The lowest BCUT2D eigenvalue weighted by atomic mass is 9.90. The van der Waals surface area contributed by atoms with Crippen molar-refractivity contribution in [2.75, 3.05) is 12.5 Å². The van der Waals surface area contributed by atoms with Crippen LogP contribution in [0.5, 0.6) is 0 Å². The molecular formula is C11H17N3O3S. The van der Waals surface area contributed by atoms with Crippen molar-refractivity contribution in [2.45, 2.75) is 29.9 Å². The number of benzene rings is 1. The number of hydrogen-bond donors (Lipinski definition) is 3. The fourth-order valence-electron chi connectivity index (χ4n) is 1.96. The van der Waals surface area contributed by atoms with E-state index in [4.69, 9.17) is 10.6 Å². The molecule has 0 spiro atoms. The Morgan fingerprint density at radius 1 is 1.33 bits per heavy atom. The van der Waals surface area contributed by atoms with Gasteiger partial charge in [0.1, 0.15) is 4.90 Å². The molecule has 100 valence electrons. The van der Waals surface area contributed by atoms with Gasteiger partial charge in [-0.25, -0.2) is 13.1 Å². The van der Waals surface area contributed by atoms with Crippen molar-refractivity contribution in [3.8, 4) is 0 Å². The van der Waals surface area contributed by atoms with E-state index in [9.17, 15) is 8.42 Å². The van der Waals surface area contributed by atoms with Gasteiger partial charge < -0.3 is 10.2 Å². The van der Waals surface area contributed by atoms with Crippen LogP contribution in [0.2, 0.25) is 0 Å². The summed E-state index contributed by atoms with van der Waals surface area (Å²) in [5.74, 6) is 5.31. The lowest BCUT2D eigenvalue weighted by molar-refractivity contribution is 0.0236. The molecule has 18 heavy (non-hydrogen) atoms. The summed E-state index contributed by atoms with van der Waals surface area (Å²) < 4.78 is 32.1. The Balaban J connectivity index is 2.11. The number of hydrogen-bond acceptors (Lipinski definition) is 5. The maximum atomic E-state index is 12.2. The van der Waals surface area contributed by atoms with E-state index in [2.05, 4.69) is 10.1 Å². The number of para-hydroxylation sites is 1. The fraction of sp³-hybridized carbons (Fsp3) is 0.455. The highest BCUT2D eigenvalue weighted by Crippen LogP contribution is 2.26. The number of ether oxygens (including phenoxy) is 1. The minimum atomic E-state index is -3.54. The zero-order valence-corrected chi connectivity index (χ0v) is 10.9. The van der Waals surface area contributed by atoms with Crippen molar-refractivity contribution in [1.82, 2.24) is 4.72 Å². The van der Waals surface area contributed by atoms with E-state index in [1.165, 1.54) is 6.07 Å². The molecule has 1 aromatic carbocycles. The maximum Gasteiger partial charge on any atom is 0.242 e. The number of nitrogens with one attached hydrogen (secondary N) is 2. The highest BCUT2D eigenvalue weighted by Gasteiger charge is 2.33. The van der Waals surface area contributed by atoms with Crippen LogP contribution in [0.3, 0.4) is 0 Å². The maximum absolute atomic E-state index is 12.2. The van der Waals surface area contributed by atoms with E-state index in [-0.39, 0.29) is 17.0 Å². The van der Waals surface area contributed by atoms with Crippen molar-refractivity contribution in [2.24, 2.45) is 5.84 Å². The Hall–Kier alpha value is -1.15.